The van der Waals surface area contributed by atoms with E-state index in [1.165, 1.54) is 4.90 Å². The summed E-state index contributed by atoms with van der Waals surface area (Å²) in [4.78, 5) is 36.4. The van der Waals surface area contributed by atoms with Crippen LogP contribution >= 0.6 is 0 Å². The van der Waals surface area contributed by atoms with Crippen LogP contribution in [0.15, 0.2) is 30.5 Å². The maximum atomic E-state index is 12.5. The molecule has 7 heteroatoms. The van der Waals surface area contributed by atoms with Gasteiger partial charge >= 0.3 is 0 Å². The Hall–Kier alpha value is -2.96. The molecular formula is C20H27N5O2. The zero-order valence-electron chi connectivity index (χ0n) is 16.8. The molecule has 0 unspecified atom stereocenters. The van der Waals surface area contributed by atoms with Gasteiger partial charge in [0, 0.05) is 52.4 Å². The molecule has 144 valence electrons. The summed E-state index contributed by atoms with van der Waals surface area (Å²) in [5, 5.41) is 2.89. The fraction of sp³-hybridized carbons (Fsp3) is 0.400. The average molecular weight is 369 g/mol. The van der Waals surface area contributed by atoms with Crippen molar-refractivity contribution in [3.8, 4) is 11.3 Å². The van der Waals surface area contributed by atoms with Crippen molar-refractivity contribution in [2.45, 2.75) is 20.4 Å². The molecule has 7 nitrogen and oxygen atoms in total. The number of carbonyl (C=O) groups excluding carboxylic acids is 2. The van der Waals surface area contributed by atoms with Crippen molar-refractivity contribution in [2.75, 3.05) is 33.1 Å². The summed E-state index contributed by atoms with van der Waals surface area (Å²) in [5.41, 5.74) is 2.84. The molecule has 1 N–H and O–H groups in total. The van der Waals surface area contributed by atoms with Crippen LogP contribution in [0.1, 0.15) is 29.8 Å². The molecule has 1 aromatic carbocycles. The van der Waals surface area contributed by atoms with Crippen LogP contribution in [0.3, 0.4) is 0 Å². The third-order valence-electron chi connectivity index (χ3n) is 4.03. The topological polar surface area (TPSA) is 78.4 Å². The number of nitrogens with zero attached hydrogens (tertiary/aromatic N) is 4. The van der Waals surface area contributed by atoms with Crippen molar-refractivity contribution >= 4 is 17.8 Å². The van der Waals surface area contributed by atoms with Gasteiger partial charge in [-0.05, 0) is 5.56 Å². The van der Waals surface area contributed by atoms with E-state index >= 15 is 0 Å². The molecule has 1 heterocycles. The Balaban J connectivity index is 2.34. The maximum Gasteiger partial charge on any atom is 0.257 e. The van der Waals surface area contributed by atoms with Gasteiger partial charge in [-0.1, -0.05) is 38.1 Å². The number of nitrogens with one attached hydrogen (secondary N) is 1. The van der Waals surface area contributed by atoms with Gasteiger partial charge in [-0.3, -0.25) is 9.59 Å². The fourth-order valence-corrected chi connectivity index (χ4v) is 2.38. The monoisotopic (exact) mass is 369 g/mol. The van der Waals surface area contributed by atoms with Crippen molar-refractivity contribution in [2.24, 2.45) is 5.92 Å². The highest BCUT2D eigenvalue weighted by Crippen LogP contribution is 2.24. The lowest BCUT2D eigenvalue weighted by molar-refractivity contribution is -0.124. The lowest BCUT2D eigenvalue weighted by atomic mass is 10.0. The molecule has 2 rings (SSSR count). The van der Waals surface area contributed by atoms with E-state index in [1.807, 2.05) is 52.2 Å². The molecule has 0 bridgehead atoms. The van der Waals surface area contributed by atoms with Crippen LogP contribution in [0, 0.1) is 5.92 Å². The van der Waals surface area contributed by atoms with Crippen LogP contribution < -0.4 is 10.2 Å². The standard InChI is InChI=1S/C20H27N5O2/c1-13(2)18(26)21-11-14-7-9-15(10-8-14)17-16(19(27)24(3)4)12-22-20(23-17)25(5)6/h7-10,12-13H,11H2,1-6H3,(H,21,26). The Kier molecular flexibility index (Phi) is 6.50. The van der Waals surface area contributed by atoms with Gasteiger partial charge in [0.15, 0.2) is 0 Å². The molecule has 0 atom stereocenters. The number of benzene rings is 1. The fourth-order valence-electron chi connectivity index (χ4n) is 2.38. The predicted octanol–water partition coefficient (Wildman–Crippen LogP) is 2.18. The number of hydrogen-bond acceptors (Lipinski definition) is 5. The number of hydrogen-bond donors (Lipinski definition) is 1. The first-order valence-corrected chi connectivity index (χ1v) is 8.83. The van der Waals surface area contributed by atoms with Crippen molar-refractivity contribution in [3.05, 3.63) is 41.6 Å². The molecular weight excluding hydrogens is 342 g/mol. The van der Waals surface area contributed by atoms with E-state index in [-0.39, 0.29) is 17.7 Å². The summed E-state index contributed by atoms with van der Waals surface area (Å²) in [6.07, 6.45) is 1.57. The largest absolute Gasteiger partial charge is 0.352 e. The van der Waals surface area contributed by atoms with Crippen molar-refractivity contribution < 1.29 is 9.59 Å². The van der Waals surface area contributed by atoms with Crippen molar-refractivity contribution in [1.29, 1.82) is 0 Å². The molecule has 0 saturated heterocycles. The Morgan fingerprint density at radius 1 is 1.07 bits per heavy atom. The quantitative estimate of drug-likeness (QED) is 0.844. The molecule has 0 spiro atoms. The second-order valence-electron chi connectivity index (χ2n) is 7.10. The second kappa shape index (κ2) is 8.62. The third-order valence-corrected chi connectivity index (χ3v) is 4.03. The highest BCUT2D eigenvalue weighted by molar-refractivity contribution is 5.99. The van der Waals surface area contributed by atoms with Crippen LogP contribution in [-0.4, -0.2) is 54.9 Å². The zero-order chi connectivity index (χ0) is 20.1. The molecule has 0 aliphatic rings. The molecule has 0 saturated carbocycles. The summed E-state index contributed by atoms with van der Waals surface area (Å²) in [5.74, 6) is 0.357. The first kappa shape index (κ1) is 20.4. The van der Waals surface area contributed by atoms with Crippen LogP contribution in [0.25, 0.3) is 11.3 Å². The number of aromatic nitrogens is 2. The predicted molar refractivity (Wildman–Crippen MR) is 106 cm³/mol. The number of carbonyl (C=O) groups is 2. The van der Waals surface area contributed by atoms with E-state index in [0.717, 1.165) is 11.1 Å². The Morgan fingerprint density at radius 3 is 2.22 bits per heavy atom. The number of anilines is 1. The van der Waals surface area contributed by atoms with Crippen LogP contribution in [0.4, 0.5) is 5.95 Å². The van der Waals surface area contributed by atoms with Gasteiger partial charge in [-0.25, -0.2) is 9.97 Å². The first-order chi connectivity index (χ1) is 12.7. The number of rotatable bonds is 6. The van der Waals surface area contributed by atoms with Crippen LogP contribution in [-0.2, 0) is 11.3 Å². The highest BCUT2D eigenvalue weighted by atomic mass is 16.2. The van der Waals surface area contributed by atoms with Gasteiger partial charge < -0.3 is 15.1 Å². The molecule has 2 amide bonds. The molecule has 0 fully saturated rings. The summed E-state index contributed by atoms with van der Waals surface area (Å²) >= 11 is 0. The second-order valence-corrected chi connectivity index (χ2v) is 7.10. The number of amides is 2. The van der Waals surface area contributed by atoms with E-state index in [2.05, 4.69) is 15.3 Å². The molecule has 0 aliphatic heterocycles. The molecule has 0 aliphatic carbocycles. The van der Waals surface area contributed by atoms with E-state index in [9.17, 15) is 9.59 Å². The van der Waals surface area contributed by atoms with E-state index in [4.69, 9.17) is 0 Å². The Bertz CT molecular complexity index is 814. The van der Waals surface area contributed by atoms with Gasteiger partial charge in [0.25, 0.3) is 5.91 Å². The van der Waals surface area contributed by atoms with Crippen LogP contribution in [0.2, 0.25) is 0 Å². The average Bonchev–Trinajstić information content (AvgIpc) is 2.65. The normalized spacial score (nSPS) is 10.6. The Labute approximate surface area is 160 Å². The van der Waals surface area contributed by atoms with E-state index in [0.29, 0.717) is 23.8 Å². The SMILES string of the molecule is CC(C)C(=O)NCc1ccc(-c2nc(N(C)C)ncc2C(=O)N(C)C)cc1. The highest BCUT2D eigenvalue weighted by Gasteiger charge is 2.18. The summed E-state index contributed by atoms with van der Waals surface area (Å²) in [6, 6.07) is 7.67. The smallest absolute Gasteiger partial charge is 0.257 e. The zero-order valence-corrected chi connectivity index (χ0v) is 16.8. The lowest BCUT2D eigenvalue weighted by Gasteiger charge is -2.17. The summed E-state index contributed by atoms with van der Waals surface area (Å²) in [6.45, 7) is 4.19. The van der Waals surface area contributed by atoms with Crippen molar-refractivity contribution in [3.63, 3.8) is 0 Å². The van der Waals surface area contributed by atoms with E-state index < -0.39 is 0 Å². The van der Waals surface area contributed by atoms with Gasteiger partial charge in [0.05, 0.1) is 11.3 Å². The first-order valence-electron chi connectivity index (χ1n) is 8.83. The van der Waals surface area contributed by atoms with Crippen molar-refractivity contribution in [1.82, 2.24) is 20.2 Å². The summed E-state index contributed by atoms with van der Waals surface area (Å²) < 4.78 is 0. The van der Waals surface area contributed by atoms with E-state index in [1.54, 1.807) is 25.2 Å². The van der Waals surface area contributed by atoms with Gasteiger partial charge in [-0.15, -0.1) is 0 Å². The third kappa shape index (κ3) is 5.03. The van der Waals surface area contributed by atoms with Crippen LogP contribution in [0.5, 0.6) is 0 Å². The molecule has 1 aromatic heterocycles. The molecule has 2 aromatic rings. The minimum atomic E-state index is -0.149. The van der Waals surface area contributed by atoms with Gasteiger partial charge in [0.1, 0.15) is 0 Å². The minimum Gasteiger partial charge on any atom is -0.352 e. The molecule has 27 heavy (non-hydrogen) atoms. The molecule has 0 radical (unpaired) electrons. The van der Waals surface area contributed by atoms with Gasteiger partial charge in [0.2, 0.25) is 11.9 Å². The lowest BCUT2D eigenvalue weighted by Crippen LogP contribution is -2.27. The Morgan fingerprint density at radius 2 is 1.70 bits per heavy atom. The van der Waals surface area contributed by atoms with Gasteiger partial charge in [-0.2, -0.15) is 0 Å². The maximum absolute atomic E-state index is 12.5. The summed E-state index contributed by atoms with van der Waals surface area (Å²) in [7, 11) is 7.11. The minimum absolute atomic E-state index is 0.0179.